The van der Waals surface area contributed by atoms with Gasteiger partial charge in [0, 0.05) is 37.3 Å². The Morgan fingerprint density at radius 1 is 1.37 bits per heavy atom. The van der Waals surface area contributed by atoms with Gasteiger partial charge in [-0.15, -0.1) is 0 Å². The van der Waals surface area contributed by atoms with Crippen molar-refractivity contribution in [3.05, 3.63) is 42.1 Å². The molecule has 1 unspecified atom stereocenters. The molecule has 1 aromatic heterocycles. The molecule has 3 nitrogen and oxygen atoms in total. The monoisotopic (exact) mass is 255 g/mol. The van der Waals surface area contributed by atoms with Crippen molar-refractivity contribution in [2.24, 2.45) is 0 Å². The van der Waals surface area contributed by atoms with Crippen molar-refractivity contribution in [2.45, 2.75) is 18.9 Å². The summed E-state index contributed by atoms with van der Waals surface area (Å²) < 4.78 is 0. The number of nitrogens with zero attached hydrogens (tertiary/aromatic N) is 2. The summed E-state index contributed by atoms with van der Waals surface area (Å²) in [6.07, 6.45) is 4.19. The number of fused-ring (bicyclic) bond motifs is 1. The van der Waals surface area contributed by atoms with Crippen LogP contribution in [0.1, 0.15) is 12.0 Å². The van der Waals surface area contributed by atoms with E-state index >= 15 is 0 Å². The molecule has 2 aromatic rings. The van der Waals surface area contributed by atoms with Gasteiger partial charge in [0.2, 0.25) is 0 Å². The van der Waals surface area contributed by atoms with Crippen LogP contribution in [0.4, 0.5) is 0 Å². The first-order chi connectivity index (χ1) is 9.31. The van der Waals surface area contributed by atoms with E-state index in [0.29, 0.717) is 6.04 Å². The highest BCUT2D eigenvalue weighted by molar-refractivity contribution is 5.78. The molecule has 0 spiro atoms. The molecule has 0 saturated carbocycles. The summed E-state index contributed by atoms with van der Waals surface area (Å²) in [6, 6.07) is 11.4. The second-order valence-electron chi connectivity index (χ2n) is 5.48. The molecule has 1 aromatic carbocycles. The number of hydrogen-bond donors (Lipinski definition) is 1. The Kier molecular flexibility index (Phi) is 3.76. The second-order valence-corrected chi connectivity index (χ2v) is 5.48. The summed E-state index contributed by atoms with van der Waals surface area (Å²) in [4.78, 5) is 6.77. The van der Waals surface area contributed by atoms with Crippen LogP contribution < -0.4 is 5.32 Å². The first-order valence-electron chi connectivity index (χ1n) is 7.07. The minimum absolute atomic E-state index is 0.628. The third-order valence-corrected chi connectivity index (χ3v) is 3.91. The zero-order valence-electron chi connectivity index (χ0n) is 11.5. The zero-order valence-corrected chi connectivity index (χ0v) is 11.5. The number of nitrogens with one attached hydrogen (secondary N) is 1. The van der Waals surface area contributed by atoms with Crippen LogP contribution in [0, 0.1) is 0 Å². The Bertz CT molecular complexity index is 552. The predicted molar refractivity (Wildman–Crippen MR) is 79.4 cm³/mol. The molecule has 3 heteroatoms. The molecule has 1 aliphatic rings. The van der Waals surface area contributed by atoms with E-state index in [1.807, 2.05) is 12.3 Å². The first kappa shape index (κ1) is 12.6. The van der Waals surface area contributed by atoms with Crippen molar-refractivity contribution in [3.8, 4) is 0 Å². The molecular formula is C16H21N3. The lowest BCUT2D eigenvalue weighted by atomic mass is 10.0. The van der Waals surface area contributed by atoms with E-state index < -0.39 is 0 Å². The van der Waals surface area contributed by atoms with E-state index in [1.54, 1.807) is 0 Å². The lowest BCUT2D eigenvalue weighted by Crippen LogP contribution is -2.49. The van der Waals surface area contributed by atoms with Gasteiger partial charge in [-0.05, 0) is 43.7 Å². The van der Waals surface area contributed by atoms with Gasteiger partial charge in [0.15, 0.2) is 0 Å². The molecule has 1 aliphatic heterocycles. The van der Waals surface area contributed by atoms with Crippen LogP contribution >= 0.6 is 0 Å². The molecule has 1 atom stereocenters. The van der Waals surface area contributed by atoms with Gasteiger partial charge >= 0.3 is 0 Å². The highest BCUT2D eigenvalue weighted by atomic mass is 15.2. The zero-order chi connectivity index (χ0) is 13.1. The van der Waals surface area contributed by atoms with Crippen molar-refractivity contribution < 1.29 is 0 Å². The van der Waals surface area contributed by atoms with E-state index in [2.05, 4.69) is 46.5 Å². The normalized spacial score (nSPS) is 20.8. The molecule has 2 heterocycles. The lowest BCUT2D eigenvalue weighted by Gasteiger charge is -2.30. The van der Waals surface area contributed by atoms with Crippen molar-refractivity contribution in [2.75, 3.05) is 26.7 Å². The van der Waals surface area contributed by atoms with E-state index in [9.17, 15) is 0 Å². The minimum atomic E-state index is 0.628. The predicted octanol–water partition coefficient (Wildman–Crippen LogP) is 2.07. The molecule has 0 aliphatic carbocycles. The number of benzene rings is 1. The first-order valence-corrected chi connectivity index (χ1v) is 7.07. The summed E-state index contributed by atoms with van der Waals surface area (Å²) in [5.74, 6) is 0. The highest BCUT2D eigenvalue weighted by Crippen LogP contribution is 2.15. The fourth-order valence-electron chi connectivity index (χ4n) is 2.81. The topological polar surface area (TPSA) is 28.2 Å². The molecule has 1 saturated heterocycles. The van der Waals surface area contributed by atoms with Crippen molar-refractivity contribution in [1.82, 2.24) is 15.2 Å². The van der Waals surface area contributed by atoms with E-state index in [0.717, 1.165) is 31.6 Å². The summed E-state index contributed by atoms with van der Waals surface area (Å²) in [5.41, 5.74) is 2.50. The molecule has 1 N–H and O–H groups in total. The fraction of sp³-hybridized carbons (Fsp3) is 0.438. The van der Waals surface area contributed by atoms with Gasteiger partial charge in [0.25, 0.3) is 0 Å². The molecule has 19 heavy (non-hydrogen) atoms. The van der Waals surface area contributed by atoms with Gasteiger partial charge in [-0.25, -0.2) is 0 Å². The molecule has 1 fully saturated rings. The molecule has 100 valence electrons. The maximum absolute atomic E-state index is 4.36. The summed E-state index contributed by atoms with van der Waals surface area (Å²) >= 11 is 0. The number of hydrogen-bond acceptors (Lipinski definition) is 3. The van der Waals surface area contributed by atoms with Gasteiger partial charge in [-0.2, -0.15) is 0 Å². The van der Waals surface area contributed by atoms with Crippen LogP contribution in [-0.2, 0) is 6.42 Å². The Hall–Kier alpha value is -1.45. The summed E-state index contributed by atoms with van der Waals surface area (Å²) in [5, 5.41) is 4.85. The molecular weight excluding hydrogens is 234 g/mol. The van der Waals surface area contributed by atoms with Gasteiger partial charge in [0.1, 0.15) is 0 Å². The SMILES string of the molecule is CN1CCNC(CCc2ccc3ncccc3c2)C1. The Balaban J connectivity index is 1.64. The molecule has 0 radical (unpaired) electrons. The van der Waals surface area contributed by atoms with Gasteiger partial charge < -0.3 is 10.2 Å². The third kappa shape index (κ3) is 3.11. The molecule has 3 rings (SSSR count). The van der Waals surface area contributed by atoms with Crippen LogP contribution in [0.25, 0.3) is 10.9 Å². The standard InChI is InChI=1S/C16H21N3/c1-19-10-9-17-15(12-19)6-4-13-5-7-16-14(11-13)3-2-8-18-16/h2-3,5,7-8,11,15,17H,4,6,9-10,12H2,1H3. The van der Waals surface area contributed by atoms with E-state index in [-0.39, 0.29) is 0 Å². The van der Waals surface area contributed by atoms with Crippen molar-refractivity contribution in [1.29, 1.82) is 0 Å². The Morgan fingerprint density at radius 2 is 2.32 bits per heavy atom. The summed E-state index contributed by atoms with van der Waals surface area (Å²) in [7, 11) is 2.20. The number of aromatic nitrogens is 1. The van der Waals surface area contributed by atoms with Crippen LogP contribution in [0.2, 0.25) is 0 Å². The minimum Gasteiger partial charge on any atom is -0.311 e. The average molecular weight is 255 g/mol. The van der Waals surface area contributed by atoms with Crippen molar-refractivity contribution >= 4 is 10.9 Å². The number of piperazine rings is 1. The van der Waals surface area contributed by atoms with Crippen molar-refractivity contribution in [3.63, 3.8) is 0 Å². The van der Waals surface area contributed by atoms with E-state index in [4.69, 9.17) is 0 Å². The van der Waals surface area contributed by atoms with Crippen LogP contribution in [0.3, 0.4) is 0 Å². The van der Waals surface area contributed by atoms with Gasteiger partial charge in [0.05, 0.1) is 5.52 Å². The van der Waals surface area contributed by atoms with Gasteiger partial charge in [-0.1, -0.05) is 12.1 Å². The maximum atomic E-state index is 4.36. The van der Waals surface area contributed by atoms with E-state index in [1.165, 1.54) is 17.4 Å². The number of pyridine rings is 1. The van der Waals surface area contributed by atoms with Crippen LogP contribution in [0.5, 0.6) is 0 Å². The fourth-order valence-corrected chi connectivity index (χ4v) is 2.81. The average Bonchev–Trinajstić information content (AvgIpc) is 2.45. The number of aryl methyl sites for hydroxylation is 1. The smallest absolute Gasteiger partial charge is 0.0702 e. The third-order valence-electron chi connectivity index (χ3n) is 3.91. The van der Waals surface area contributed by atoms with Crippen LogP contribution in [-0.4, -0.2) is 42.6 Å². The highest BCUT2D eigenvalue weighted by Gasteiger charge is 2.15. The second kappa shape index (κ2) is 5.68. The Labute approximate surface area is 114 Å². The number of likely N-dealkylation sites (N-methyl/N-ethyl adjacent to an activating group) is 1. The molecule has 0 amide bonds. The lowest BCUT2D eigenvalue weighted by molar-refractivity contribution is 0.232. The quantitative estimate of drug-likeness (QED) is 0.910. The maximum Gasteiger partial charge on any atom is 0.0702 e. The Morgan fingerprint density at radius 3 is 3.21 bits per heavy atom. The van der Waals surface area contributed by atoms with Gasteiger partial charge in [-0.3, -0.25) is 4.98 Å². The summed E-state index contributed by atoms with van der Waals surface area (Å²) in [6.45, 7) is 3.44. The number of rotatable bonds is 3. The largest absolute Gasteiger partial charge is 0.311 e. The van der Waals surface area contributed by atoms with Crippen LogP contribution in [0.15, 0.2) is 36.5 Å². The molecule has 0 bridgehead atoms.